The van der Waals surface area contributed by atoms with E-state index in [9.17, 15) is 9.59 Å². The second-order valence-electron chi connectivity index (χ2n) is 7.41. The summed E-state index contributed by atoms with van der Waals surface area (Å²) < 4.78 is 0. The number of Topliss-reactive ketones (excluding diaryl/α,β-unsaturated/α-hetero) is 1. The summed E-state index contributed by atoms with van der Waals surface area (Å²) in [5, 5.41) is 5.25. The molecule has 2 atom stereocenters. The van der Waals surface area contributed by atoms with Gasteiger partial charge in [0.15, 0.2) is 5.78 Å². The lowest BCUT2D eigenvalue weighted by Gasteiger charge is -2.49. The van der Waals surface area contributed by atoms with Gasteiger partial charge in [0.25, 0.3) is 5.91 Å². The average molecular weight is 369 g/mol. The van der Waals surface area contributed by atoms with Crippen molar-refractivity contribution < 1.29 is 9.59 Å². The van der Waals surface area contributed by atoms with E-state index in [2.05, 4.69) is 17.1 Å². The third-order valence-corrected chi connectivity index (χ3v) is 6.85. The van der Waals surface area contributed by atoms with Crippen molar-refractivity contribution in [3.8, 4) is 11.1 Å². The monoisotopic (exact) mass is 368 g/mol. The molecule has 4 nitrogen and oxygen atoms in total. The quantitative estimate of drug-likeness (QED) is 0.835. The molecule has 5 rings (SSSR count). The third kappa shape index (κ3) is 3.10. The lowest BCUT2D eigenvalue weighted by molar-refractivity contribution is 0.0218. The van der Waals surface area contributed by atoms with Crippen LogP contribution >= 0.6 is 11.3 Å². The fourth-order valence-electron chi connectivity index (χ4n) is 4.41. The van der Waals surface area contributed by atoms with Gasteiger partial charge in [-0.25, -0.2) is 0 Å². The molecule has 4 heterocycles. The van der Waals surface area contributed by atoms with Crippen LogP contribution in [0.4, 0.5) is 0 Å². The lowest BCUT2D eigenvalue weighted by Crippen LogP contribution is -2.62. The highest BCUT2D eigenvalue weighted by Gasteiger charge is 2.40. The van der Waals surface area contributed by atoms with Crippen LogP contribution < -0.4 is 5.32 Å². The summed E-state index contributed by atoms with van der Waals surface area (Å²) in [7, 11) is 0. The second kappa shape index (κ2) is 6.97. The minimum atomic E-state index is 0.00663. The molecule has 0 spiro atoms. The van der Waals surface area contributed by atoms with Crippen LogP contribution in [-0.2, 0) is 0 Å². The number of amides is 1. The van der Waals surface area contributed by atoms with Gasteiger partial charge in [0.2, 0.25) is 0 Å². The third-order valence-electron chi connectivity index (χ3n) is 5.92. The number of piperidine rings is 3. The van der Waals surface area contributed by atoms with Gasteiger partial charge in [0.05, 0.1) is 4.88 Å². The predicted molar refractivity (Wildman–Crippen MR) is 105 cm³/mol. The standard InChI is InChI=1S/C21H24N2O2S/c1-13-20(15-7-9-23(13)10-8-15)22-21(25)19-11-16(12-26-19)18-6-4-3-5-17(18)14(2)24/h3-6,11-13,15,20H,7-10H2,1-2H3,(H,22,25). The zero-order valence-electron chi connectivity index (χ0n) is 15.2. The van der Waals surface area contributed by atoms with Gasteiger partial charge in [-0.1, -0.05) is 24.3 Å². The van der Waals surface area contributed by atoms with Crippen LogP contribution in [0.1, 0.15) is 46.7 Å². The number of thiophene rings is 1. The fraction of sp³-hybridized carbons (Fsp3) is 0.429. The predicted octanol–water partition coefficient (Wildman–Crippen LogP) is 3.83. The van der Waals surface area contributed by atoms with E-state index in [1.54, 1.807) is 6.92 Å². The molecule has 2 bridgehead atoms. The van der Waals surface area contributed by atoms with Crippen molar-refractivity contribution in [1.82, 2.24) is 10.2 Å². The maximum absolute atomic E-state index is 12.8. The van der Waals surface area contributed by atoms with E-state index >= 15 is 0 Å². The topological polar surface area (TPSA) is 49.4 Å². The molecule has 2 unspecified atom stereocenters. The molecule has 26 heavy (non-hydrogen) atoms. The summed E-state index contributed by atoms with van der Waals surface area (Å²) in [4.78, 5) is 27.9. The number of nitrogens with one attached hydrogen (secondary N) is 1. The maximum atomic E-state index is 12.8. The molecule has 1 amide bonds. The van der Waals surface area contributed by atoms with Gasteiger partial charge in [0.1, 0.15) is 0 Å². The van der Waals surface area contributed by atoms with Crippen LogP contribution in [0.2, 0.25) is 0 Å². The first-order valence-corrected chi connectivity index (χ1v) is 10.2. The number of hydrogen-bond donors (Lipinski definition) is 1. The Kier molecular flexibility index (Phi) is 4.67. The molecule has 1 aromatic carbocycles. The number of ketones is 1. The van der Waals surface area contributed by atoms with Crippen molar-refractivity contribution >= 4 is 23.0 Å². The molecule has 3 fully saturated rings. The van der Waals surface area contributed by atoms with Gasteiger partial charge < -0.3 is 5.32 Å². The van der Waals surface area contributed by atoms with E-state index in [0.717, 1.165) is 24.2 Å². The highest BCUT2D eigenvalue weighted by Crippen LogP contribution is 2.33. The van der Waals surface area contributed by atoms with Crippen LogP contribution in [0.5, 0.6) is 0 Å². The van der Waals surface area contributed by atoms with E-state index in [1.165, 1.54) is 24.2 Å². The summed E-state index contributed by atoms with van der Waals surface area (Å²) >= 11 is 1.45. The van der Waals surface area contributed by atoms with Gasteiger partial charge in [-0.2, -0.15) is 0 Å². The zero-order chi connectivity index (χ0) is 18.3. The number of hydrogen-bond acceptors (Lipinski definition) is 4. The lowest BCUT2D eigenvalue weighted by atomic mass is 9.79. The summed E-state index contributed by atoms with van der Waals surface area (Å²) in [6.07, 6.45) is 2.36. The van der Waals surface area contributed by atoms with Crippen molar-refractivity contribution in [2.45, 2.75) is 38.8 Å². The van der Waals surface area contributed by atoms with Gasteiger partial charge in [-0.05, 0) is 68.3 Å². The normalized spacial score (nSPS) is 27.3. The van der Waals surface area contributed by atoms with Crippen molar-refractivity contribution in [2.75, 3.05) is 13.1 Å². The summed E-state index contributed by atoms with van der Waals surface area (Å²) in [5.41, 5.74) is 2.53. The van der Waals surface area contributed by atoms with E-state index in [-0.39, 0.29) is 17.7 Å². The Morgan fingerprint density at radius 1 is 1.19 bits per heavy atom. The van der Waals surface area contributed by atoms with Crippen molar-refractivity contribution in [2.24, 2.45) is 5.92 Å². The molecular formula is C21H24N2O2S. The number of rotatable bonds is 4. The minimum Gasteiger partial charge on any atom is -0.347 e. The van der Waals surface area contributed by atoms with Gasteiger partial charge in [-0.15, -0.1) is 11.3 Å². The Labute approximate surface area is 158 Å². The Balaban J connectivity index is 1.53. The molecule has 136 valence electrons. The van der Waals surface area contributed by atoms with Crippen LogP contribution in [0.3, 0.4) is 0 Å². The van der Waals surface area contributed by atoms with Crippen molar-refractivity contribution in [3.63, 3.8) is 0 Å². The number of carbonyl (C=O) groups is 2. The van der Waals surface area contributed by atoms with Crippen molar-refractivity contribution in [3.05, 3.63) is 46.2 Å². The summed E-state index contributed by atoms with van der Waals surface area (Å²) in [5.74, 6) is 0.642. The number of nitrogens with zero attached hydrogens (tertiary/aromatic N) is 1. The molecule has 0 radical (unpaired) electrons. The molecule has 1 aromatic heterocycles. The molecule has 0 saturated carbocycles. The van der Waals surface area contributed by atoms with Crippen molar-refractivity contribution in [1.29, 1.82) is 0 Å². The average Bonchev–Trinajstić information content (AvgIpc) is 3.15. The van der Waals surface area contributed by atoms with Gasteiger partial charge in [-0.3, -0.25) is 14.5 Å². The van der Waals surface area contributed by atoms with Gasteiger partial charge in [0, 0.05) is 17.6 Å². The van der Waals surface area contributed by atoms with Crippen LogP contribution in [0.15, 0.2) is 35.7 Å². The van der Waals surface area contributed by atoms with Crippen LogP contribution in [0, 0.1) is 5.92 Å². The van der Waals surface area contributed by atoms with E-state index in [0.29, 0.717) is 22.4 Å². The number of fused-ring (bicyclic) bond motifs is 3. The number of carbonyl (C=O) groups excluding carboxylic acids is 2. The molecular weight excluding hydrogens is 344 g/mol. The highest BCUT2D eigenvalue weighted by molar-refractivity contribution is 7.12. The Morgan fingerprint density at radius 3 is 2.62 bits per heavy atom. The number of benzene rings is 1. The van der Waals surface area contributed by atoms with Gasteiger partial charge >= 0.3 is 0 Å². The molecule has 3 aliphatic heterocycles. The SMILES string of the molecule is CC(=O)c1ccccc1-c1csc(C(=O)NC2C3CCN(CC3)C2C)c1. The molecule has 3 aliphatic rings. The summed E-state index contributed by atoms with van der Waals surface area (Å²) in [6, 6.07) is 10.1. The largest absolute Gasteiger partial charge is 0.347 e. The first-order valence-electron chi connectivity index (χ1n) is 9.28. The zero-order valence-corrected chi connectivity index (χ0v) is 16.0. The Morgan fingerprint density at radius 2 is 1.92 bits per heavy atom. The highest BCUT2D eigenvalue weighted by atomic mass is 32.1. The molecule has 3 saturated heterocycles. The Hall–Kier alpha value is -1.98. The smallest absolute Gasteiger partial charge is 0.261 e. The molecule has 2 aromatic rings. The van der Waals surface area contributed by atoms with Crippen LogP contribution in [-0.4, -0.2) is 41.8 Å². The van der Waals surface area contributed by atoms with Crippen LogP contribution in [0.25, 0.3) is 11.1 Å². The molecule has 0 aliphatic carbocycles. The van der Waals surface area contributed by atoms with E-state index in [1.807, 2.05) is 35.7 Å². The minimum absolute atomic E-state index is 0.00663. The maximum Gasteiger partial charge on any atom is 0.261 e. The first kappa shape index (κ1) is 17.4. The first-order chi connectivity index (χ1) is 12.5. The molecule has 1 N–H and O–H groups in total. The fourth-order valence-corrected chi connectivity index (χ4v) is 5.22. The second-order valence-corrected chi connectivity index (χ2v) is 8.33. The van der Waals surface area contributed by atoms with E-state index < -0.39 is 0 Å². The Bertz CT molecular complexity index is 834. The summed E-state index contributed by atoms with van der Waals surface area (Å²) in [6.45, 7) is 6.11. The molecule has 5 heteroatoms. The van der Waals surface area contributed by atoms with E-state index in [4.69, 9.17) is 0 Å².